The summed E-state index contributed by atoms with van der Waals surface area (Å²) < 4.78 is 0. The molecule has 3 heterocycles. The Morgan fingerprint density at radius 2 is 1.85 bits per heavy atom. The number of aromatic nitrogens is 4. The summed E-state index contributed by atoms with van der Waals surface area (Å²) in [6.45, 7) is 2.95. The Labute approximate surface area is 157 Å². The average Bonchev–Trinajstić information content (AvgIpc) is 3.49. The van der Waals surface area contributed by atoms with Crippen molar-refractivity contribution in [1.29, 1.82) is 5.41 Å². The van der Waals surface area contributed by atoms with Gasteiger partial charge >= 0.3 is 0 Å². The highest BCUT2D eigenvalue weighted by Crippen LogP contribution is 2.44. The van der Waals surface area contributed by atoms with Gasteiger partial charge in [-0.3, -0.25) is 20.3 Å². The quantitative estimate of drug-likeness (QED) is 0.722. The molecule has 0 unspecified atom stereocenters. The number of rotatable bonds is 3. The van der Waals surface area contributed by atoms with Crippen LogP contribution in [0.2, 0.25) is 0 Å². The lowest BCUT2D eigenvalue weighted by Gasteiger charge is -2.41. The van der Waals surface area contributed by atoms with Crippen molar-refractivity contribution in [2.45, 2.75) is 18.4 Å². The lowest BCUT2D eigenvalue weighted by atomic mass is 10.0. The van der Waals surface area contributed by atoms with E-state index in [0.717, 1.165) is 41.9 Å². The molecule has 5 rings (SSSR count). The van der Waals surface area contributed by atoms with Gasteiger partial charge in [0.1, 0.15) is 5.69 Å². The summed E-state index contributed by atoms with van der Waals surface area (Å²) in [5.41, 5.74) is 4.67. The van der Waals surface area contributed by atoms with Gasteiger partial charge in [-0.25, -0.2) is 0 Å². The van der Waals surface area contributed by atoms with Gasteiger partial charge in [-0.1, -0.05) is 6.07 Å². The fourth-order valence-electron chi connectivity index (χ4n) is 3.97. The maximum Gasteiger partial charge on any atom is 0.134 e. The van der Waals surface area contributed by atoms with Crippen molar-refractivity contribution in [3.63, 3.8) is 0 Å². The molecule has 7 heteroatoms. The third-order valence-corrected chi connectivity index (χ3v) is 5.86. The minimum absolute atomic E-state index is 0.305. The van der Waals surface area contributed by atoms with Crippen molar-refractivity contribution >= 4 is 22.4 Å². The molecule has 2 aromatic heterocycles. The van der Waals surface area contributed by atoms with E-state index >= 15 is 0 Å². The van der Waals surface area contributed by atoms with Crippen LogP contribution < -0.4 is 4.90 Å². The van der Waals surface area contributed by atoms with Crippen molar-refractivity contribution in [2.24, 2.45) is 0 Å². The van der Waals surface area contributed by atoms with E-state index in [0.29, 0.717) is 16.9 Å². The summed E-state index contributed by atoms with van der Waals surface area (Å²) in [7, 11) is 2.22. The first-order chi connectivity index (χ1) is 13.2. The van der Waals surface area contributed by atoms with E-state index < -0.39 is 0 Å². The highest BCUT2D eigenvalue weighted by molar-refractivity contribution is 6.13. The van der Waals surface area contributed by atoms with Gasteiger partial charge < -0.3 is 4.90 Å². The van der Waals surface area contributed by atoms with Crippen molar-refractivity contribution in [2.75, 3.05) is 31.6 Å². The van der Waals surface area contributed by atoms with E-state index in [1.54, 1.807) is 18.6 Å². The Morgan fingerprint density at radius 3 is 2.67 bits per heavy atom. The van der Waals surface area contributed by atoms with Crippen LogP contribution in [0.25, 0.3) is 11.0 Å². The minimum Gasteiger partial charge on any atom is -0.366 e. The number of nitrogens with zero attached hydrogens (tertiary/aromatic N) is 6. The second-order valence-electron chi connectivity index (χ2n) is 7.47. The van der Waals surface area contributed by atoms with Crippen LogP contribution >= 0.6 is 0 Å². The van der Waals surface area contributed by atoms with Gasteiger partial charge in [0.25, 0.3) is 0 Å². The average molecular weight is 359 g/mol. The summed E-state index contributed by atoms with van der Waals surface area (Å²) in [5.74, 6) is 0. The second-order valence-corrected chi connectivity index (χ2v) is 7.47. The molecule has 1 saturated heterocycles. The standard InChI is InChI=1S/C20H21N7/c1-26-10-11-27(13-20(26)5-6-20)17-4-7-24-25-19(17)18(21)14-2-3-15-16(12-14)23-9-8-22-15/h2-4,7-9,12,21H,5-6,10-11,13H2,1H3. The maximum absolute atomic E-state index is 8.77. The second kappa shape index (κ2) is 6.06. The molecule has 0 amide bonds. The highest BCUT2D eigenvalue weighted by Gasteiger charge is 2.49. The smallest absolute Gasteiger partial charge is 0.134 e. The Hall–Kier alpha value is -2.93. The van der Waals surface area contributed by atoms with Crippen LogP contribution in [0.4, 0.5) is 5.69 Å². The number of benzene rings is 1. The molecule has 1 N–H and O–H groups in total. The predicted octanol–water partition coefficient (Wildman–Crippen LogP) is 2.12. The van der Waals surface area contributed by atoms with Gasteiger partial charge in [-0.2, -0.15) is 5.10 Å². The van der Waals surface area contributed by atoms with Crippen LogP contribution in [0.3, 0.4) is 0 Å². The normalized spacial score (nSPS) is 18.8. The molecule has 1 saturated carbocycles. The molecule has 3 aromatic rings. The third kappa shape index (κ3) is 2.75. The number of fused-ring (bicyclic) bond motifs is 1. The number of nitrogens with one attached hydrogen (secondary N) is 1. The maximum atomic E-state index is 8.77. The molecule has 0 bridgehead atoms. The van der Waals surface area contributed by atoms with Crippen LogP contribution in [0, 0.1) is 5.41 Å². The van der Waals surface area contributed by atoms with E-state index in [1.807, 2.05) is 24.3 Å². The largest absolute Gasteiger partial charge is 0.366 e. The molecule has 1 aliphatic heterocycles. The van der Waals surface area contributed by atoms with E-state index in [-0.39, 0.29) is 0 Å². The van der Waals surface area contributed by atoms with Gasteiger partial charge in [-0.05, 0) is 38.1 Å². The van der Waals surface area contributed by atoms with E-state index in [4.69, 9.17) is 5.41 Å². The molecule has 1 spiro atoms. The molecular formula is C20H21N7. The van der Waals surface area contributed by atoms with Crippen molar-refractivity contribution < 1.29 is 0 Å². The van der Waals surface area contributed by atoms with Crippen LogP contribution in [0.1, 0.15) is 24.1 Å². The summed E-state index contributed by atoms with van der Waals surface area (Å²) in [5, 5.41) is 17.2. The Morgan fingerprint density at radius 1 is 1.04 bits per heavy atom. The molecule has 136 valence electrons. The van der Waals surface area contributed by atoms with Crippen LogP contribution in [0.5, 0.6) is 0 Å². The monoisotopic (exact) mass is 359 g/mol. The van der Waals surface area contributed by atoms with Crippen molar-refractivity contribution in [3.8, 4) is 0 Å². The van der Waals surface area contributed by atoms with Gasteiger partial charge in [0, 0.05) is 43.1 Å². The molecule has 27 heavy (non-hydrogen) atoms. The first kappa shape index (κ1) is 16.3. The van der Waals surface area contributed by atoms with Crippen LogP contribution in [0.15, 0.2) is 42.9 Å². The van der Waals surface area contributed by atoms with E-state index in [9.17, 15) is 0 Å². The summed E-state index contributed by atoms with van der Waals surface area (Å²) in [6, 6.07) is 7.69. The molecule has 0 atom stereocenters. The molecule has 2 fully saturated rings. The zero-order chi connectivity index (χ0) is 18.4. The lowest BCUT2D eigenvalue weighted by Crippen LogP contribution is -2.53. The van der Waals surface area contributed by atoms with Gasteiger partial charge in [0.05, 0.1) is 28.6 Å². The molecule has 0 radical (unpaired) electrons. The minimum atomic E-state index is 0.305. The van der Waals surface area contributed by atoms with Crippen molar-refractivity contribution in [3.05, 3.63) is 54.1 Å². The molecule has 2 aliphatic rings. The molecule has 1 aliphatic carbocycles. The van der Waals surface area contributed by atoms with Crippen molar-refractivity contribution in [1.82, 2.24) is 25.1 Å². The number of anilines is 1. The zero-order valence-corrected chi connectivity index (χ0v) is 15.3. The summed E-state index contributed by atoms with van der Waals surface area (Å²) >= 11 is 0. The third-order valence-electron chi connectivity index (χ3n) is 5.86. The fraction of sp³-hybridized carbons (Fsp3) is 0.350. The highest BCUT2D eigenvalue weighted by atomic mass is 15.3. The van der Waals surface area contributed by atoms with E-state index in [2.05, 4.69) is 37.0 Å². The summed E-state index contributed by atoms with van der Waals surface area (Å²) in [4.78, 5) is 13.5. The SMILES string of the molecule is CN1CCN(c2ccnnc2C(=N)c2ccc3nccnc3c2)CC12CC2. The van der Waals surface area contributed by atoms with Gasteiger partial charge in [-0.15, -0.1) is 5.10 Å². The van der Waals surface area contributed by atoms with Gasteiger partial charge in [0.15, 0.2) is 0 Å². The van der Waals surface area contributed by atoms with Crippen LogP contribution in [-0.2, 0) is 0 Å². The number of piperazine rings is 1. The summed E-state index contributed by atoms with van der Waals surface area (Å²) in [6.07, 6.45) is 7.55. The number of likely N-dealkylation sites (N-methyl/N-ethyl adjacent to an activating group) is 1. The topological polar surface area (TPSA) is 81.9 Å². The first-order valence-corrected chi connectivity index (χ1v) is 9.24. The Kier molecular flexibility index (Phi) is 3.65. The number of hydrogen-bond donors (Lipinski definition) is 1. The van der Waals surface area contributed by atoms with Gasteiger partial charge in [0.2, 0.25) is 0 Å². The number of hydrogen-bond acceptors (Lipinski definition) is 7. The first-order valence-electron chi connectivity index (χ1n) is 9.24. The fourth-order valence-corrected chi connectivity index (χ4v) is 3.97. The molecule has 1 aromatic carbocycles. The molecular weight excluding hydrogens is 338 g/mol. The predicted molar refractivity (Wildman–Crippen MR) is 104 cm³/mol. The molecule has 7 nitrogen and oxygen atoms in total. The zero-order valence-electron chi connectivity index (χ0n) is 15.3. The van der Waals surface area contributed by atoms with E-state index in [1.165, 1.54) is 12.8 Å². The Balaban J connectivity index is 1.50. The lowest BCUT2D eigenvalue weighted by molar-refractivity contribution is 0.198. The van der Waals surface area contributed by atoms with Crippen LogP contribution in [-0.4, -0.2) is 63.0 Å². The Bertz CT molecular complexity index is 1030.